The van der Waals surface area contributed by atoms with Gasteiger partial charge in [-0.2, -0.15) is 0 Å². The second-order valence-electron chi connectivity index (χ2n) is 3.54. The predicted octanol–water partition coefficient (Wildman–Crippen LogP) is 2.61. The number of aliphatic hydroxyl groups is 1. The van der Waals surface area contributed by atoms with Crippen LogP contribution in [0.25, 0.3) is 0 Å². The van der Waals surface area contributed by atoms with Crippen molar-refractivity contribution in [3.05, 3.63) is 12.2 Å². The third-order valence-corrected chi connectivity index (χ3v) is 2.29. The van der Waals surface area contributed by atoms with Gasteiger partial charge in [-0.05, 0) is 12.3 Å². The van der Waals surface area contributed by atoms with Crippen molar-refractivity contribution in [1.82, 2.24) is 0 Å². The van der Waals surface area contributed by atoms with Crippen LogP contribution in [0.4, 0.5) is 0 Å². The lowest BCUT2D eigenvalue weighted by Crippen LogP contribution is -2.24. The Morgan fingerprint density at radius 2 is 1.82 bits per heavy atom. The Bertz CT molecular complexity index is 127. The average Bonchev–Trinajstić information content (AvgIpc) is 2.00. The lowest BCUT2D eigenvalue weighted by Gasteiger charge is -2.23. The fraction of sp³-hybridized carbons (Fsp3) is 0.800. The summed E-state index contributed by atoms with van der Waals surface area (Å²) in [5, 5.41) is 9.64. The quantitative estimate of drug-likeness (QED) is 0.620. The van der Waals surface area contributed by atoms with Crippen molar-refractivity contribution in [1.29, 1.82) is 0 Å². The average molecular weight is 156 g/mol. The van der Waals surface area contributed by atoms with Gasteiger partial charge in [-0.15, -0.1) is 0 Å². The zero-order valence-corrected chi connectivity index (χ0v) is 8.09. The summed E-state index contributed by atoms with van der Waals surface area (Å²) in [5.74, 6) is 0.563. The first-order chi connectivity index (χ1) is 5.00. The Labute approximate surface area is 70.1 Å². The van der Waals surface area contributed by atoms with Crippen molar-refractivity contribution in [3.63, 3.8) is 0 Å². The molecule has 1 nitrogen and oxygen atoms in total. The van der Waals surface area contributed by atoms with Crippen LogP contribution in [0.2, 0.25) is 0 Å². The largest absolute Gasteiger partial charge is 0.392 e. The lowest BCUT2D eigenvalue weighted by molar-refractivity contribution is 0.0858. The molecule has 0 aromatic carbocycles. The van der Waals surface area contributed by atoms with Gasteiger partial charge in [-0.3, -0.25) is 0 Å². The molecule has 0 bridgehead atoms. The third-order valence-electron chi connectivity index (χ3n) is 2.29. The normalized spacial score (nSPS) is 16.5. The number of aliphatic hydroxyl groups excluding tert-OH is 1. The van der Waals surface area contributed by atoms with Crippen LogP contribution < -0.4 is 0 Å². The standard InChI is InChI=1S/C10H20O/c1-6-8(4)9(5)10(11)7(2)3/h7,9-11H,4,6H2,1-3,5H3/t9-,10-/m1/s1. The first-order valence-electron chi connectivity index (χ1n) is 4.36. The van der Waals surface area contributed by atoms with Gasteiger partial charge in [0.15, 0.2) is 0 Å². The summed E-state index contributed by atoms with van der Waals surface area (Å²) in [6.07, 6.45) is 0.729. The van der Waals surface area contributed by atoms with Gasteiger partial charge in [-0.25, -0.2) is 0 Å². The van der Waals surface area contributed by atoms with Crippen LogP contribution in [0, 0.1) is 11.8 Å². The van der Waals surface area contributed by atoms with Crippen LogP contribution in [0.5, 0.6) is 0 Å². The molecule has 0 saturated heterocycles. The van der Waals surface area contributed by atoms with E-state index in [2.05, 4.69) is 13.5 Å². The predicted molar refractivity (Wildman–Crippen MR) is 49.4 cm³/mol. The topological polar surface area (TPSA) is 20.2 Å². The Balaban J connectivity index is 4.01. The molecule has 0 spiro atoms. The minimum Gasteiger partial charge on any atom is -0.392 e. The van der Waals surface area contributed by atoms with Gasteiger partial charge < -0.3 is 5.11 Å². The molecule has 66 valence electrons. The maximum atomic E-state index is 9.64. The van der Waals surface area contributed by atoms with Crippen molar-refractivity contribution < 1.29 is 5.11 Å². The van der Waals surface area contributed by atoms with Crippen LogP contribution >= 0.6 is 0 Å². The van der Waals surface area contributed by atoms with Crippen molar-refractivity contribution >= 4 is 0 Å². The highest BCUT2D eigenvalue weighted by atomic mass is 16.3. The van der Waals surface area contributed by atoms with E-state index in [0.717, 1.165) is 12.0 Å². The van der Waals surface area contributed by atoms with Crippen molar-refractivity contribution in [3.8, 4) is 0 Å². The van der Waals surface area contributed by atoms with Crippen LogP contribution in [-0.2, 0) is 0 Å². The zero-order valence-electron chi connectivity index (χ0n) is 8.09. The second-order valence-corrected chi connectivity index (χ2v) is 3.54. The highest BCUT2D eigenvalue weighted by Gasteiger charge is 2.18. The van der Waals surface area contributed by atoms with Crippen molar-refractivity contribution in [2.45, 2.75) is 40.2 Å². The summed E-state index contributed by atoms with van der Waals surface area (Å²) in [5.41, 5.74) is 1.14. The minimum atomic E-state index is -0.234. The molecule has 0 aliphatic rings. The van der Waals surface area contributed by atoms with E-state index in [0.29, 0.717) is 5.92 Å². The van der Waals surface area contributed by atoms with E-state index in [-0.39, 0.29) is 12.0 Å². The van der Waals surface area contributed by atoms with Gasteiger partial charge in [-0.1, -0.05) is 39.8 Å². The Hall–Kier alpha value is -0.300. The molecule has 1 heteroatoms. The fourth-order valence-electron chi connectivity index (χ4n) is 1.14. The van der Waals surface area contributed by atoms with Gasteiger partial charge >= 0.3 is 0 Å². The second kappa shape index (κ2) is 4.55. The first-order valence-corrected chi connectivity index (χ1v) is 4.36. The highest BCUT2D eigenvalue weighted by molar-refractivity contribution is 5.00. The molecule has 1 N–H and O–H groups in total. The molecule has 0 fully saturated rings. The van der Waals surface area contributed by atoms with E-state index in [9.17, 15) is 5.11 Å². The summed E-state index contributed by atoms with van der Waals surface area (Å²) in [6.45, 7) is 12.1. The third kappa shape index (κ3) is 3.06. The molecule has 0 heterocycles. The van der Waals surface area contributed by atoms with Crippen LogP contribution in [0.15, 0.2) is 12.2 Å². The molecule has 0 aromatic rings. The highest BCUT2D eigenvalue weighted by Crippen LogP contribution is 2.20. The summed E-state index contributed by atoms with van der Waals surface area (Å²) in [6, 6.07) is 0. The molecule has 0 saturated carbocycles. The van der Waals surface area contributed by atoms with Crippen LogP contribution in [-0.4, -0.2) is 11.2 Å². The number of hydrogen-bond donors (Lipinski definition) is 1. The molecule has 0 unspecified atom stereocenters. The van der Waals surface area contributed by atoms with Gasteiger partial charge in [0.1, 0.15) is 0 Å². The molecule has 0 radical (unpaired) electrons. The Kier molecular flexibility index (Phi) is 4.43. The van der Waals surface area contributed by atoms with Crippen molar-refractivity contribution in [2.75, 3.05) is 0 Å². The summed E-state index contributed by atoms with van der Waals surface area (Å²) in [4.78, 5) is 0. The summed E-state index contributed by atoms with van der Waals surface area (Å²) in [7, 11) is 0. The molecule has 0 aliphatic heterocycles. The van der Waals surface area contributed by atoms with Gasteiger partial charge in [0, 0.05) is 5.92 Å². The first kappa shape index (κ1) is 10.7. The van der Waals surface area contributed by atoms with E-state index < -0.39 is 0 Å². The van der Waals surface area contributed by atoms with E-state index in [1.165, 1.54) is 0 Å². The van der Waals surface area contributed by atoms with Crippen LogP contribution in [0.3, 0.4) is 0 Å². The van der Waals surface area contributed by atoms with Crippen molar-refractivity contribution in [2.24, 2.45) is 11.8 Å². The Morgan fingerprint density at radius 1 is 1.36 bits per heavy atom. The van der Waals surface area contributed by atoms with Gasteiger partial charge in [0.05, 0.1) is 6.10 Å². The zero-order chi connectivity index (χ0) is 9.02. The Morgan fingerprint density at radius 3 is 2.09 bits per heavy atom. The molecule has 2 atom stereocenters. The van der Waals surface area contributed by atoms with E-state index in [1.807, 2.05) is 20.8 Å². The summed E-state index contributed by atoms with van der Waals surface area (Å²) >= 11 is 0. The monoisotopic (exact) mass is 156 g/mol. The molecule has 0 amide bonds. The molecule has 0 aromatic heterocycles. The summed E-state index contributed by atoms with van der Waals surface area (Å²) < 4.78 is 0. The maximum Gasteiger partial charge on any atom is 0.0625 e. The minimum absolute atomic E-state index is 0.234. The van der Waals surface area contributed by atoms with E-state index in [4.69, 9.17) is 0 Å². The fourth-order valence-corrected chi connectivity index (χ4v) is 1.14. The SMILES string of the molecule is C=C(CC)[C@@H](C)[C@H](O)C(C)C. The molecular weight excluding hydrogens is 136 g/mol. The van der Waals surface area contributed by atoms with E-state index >= 15 is 0 Å². The van der Waals surface area contributed by atoms with E-state index in [1.54, 1.807) is 0 Å². The lowest BCUT2D eigenvalue weighted by atomic mass is 9.88. The smallest absolute Gasteiger partial charge is 0.0625 e. The maximum absolute atomic E-state index is 9.64. The van der Waals surface area contributed by atoms with Crippen LogP contribution in [0.1, 0.15) is 34.1 Å². The number of hydrogen-bond acceptors (Lipinski definition) is 1. The molecule has 0 rings (SSSR count). The number of rotatable bonds is 4. The van der Waals surface area contributed by atoms with Gasteiger partial charge in [0.25, 0.3) is 0 Å². The van der Waals surface area contributed by atoms with Gasteiger partial charge in [0.2, 0.25) is 0 Å². The molecule has 11 heavy (non-hydrogen) atoms. The molecular formula is C10H20O. The molecule has 0 aliphatic carbocycles.